The number of esters is 2. The molecule has 0 aliphatic carbocycles. The lowest BCUT2D eigenvalue weighted by Gasteiger charge is -2.28. The number of rotatable bonds is 67. The molecule has 0 spiro atoms. The Labute approximate surface area is 600 Å². The van der Waals surface area contributed by atoms with E-state index in [1.165, 1.54) is 44.9 Å². The van der Waals surface area contributed by atoms with Gasteiger partial charge in [0.25, 0.3) is 7.82 Å². The summed E-state index contributed by atoms with van der Waals surface area (Å²) in [5.74, 6) is -0.882. The first kappa shape index (κ1) is 92.1. The van der Waals surface area contributed by atoms with E-state index in [0.717, 1.165) is 173 Å². The van der Waals surface area contributed by atoms with Crippen molar-refractivity contribution in [3.05, 3.63) is 231 Å². The molecule has 0 amide bonds. The Hall–Kier alpha value is -5.93. The van der Waals surface area contributed by atoms with Gasteiger partial charge in [0.05, 0.1) is 27.7 Å². The minimum Gasteiger partial charge on any atom is -0.756 e. The third-order valence-corrected chi connectivity index (χ3v) is 16.1. The second-order valence-electron chi connectivity index (χ2n) is 25.5. The van der Waals surface area contributed by atoms with Crippen molar-refractivity contribution in [1.29, 1.82) is 0 Å². The Morgan fingerprint density at radius 1 is 0.316 bits per heavy atom. The lowest BCUT2D eigenvalue weighted by molar-refractivity contribution is -0.870. The molecule has 0 bridgehead atoms. The summed E-state index contributed by atoms with van der Waals surface area (Å²) in [6, 6.07) is 0. The summed E-state index contributed by atoms with van der Waals surface area (Å²) in [6.45, 7) is 3.95. The van der Waals surface area contributed by atoms with Crippen molar-refractivity contribution in [2.45, 2.75) is 264 Å². The first-order valence-corrected chi connectivity index (χ1v) is 39.6. The zero-order chi connectivity index (χ0) is 71.1. The molecular formula is C88H138NO8P. The van der Waals surface area contributed by atoms with Crippen LogP contribution in [0.4, 0.5) is 0 Å². The van der Waals surface area contributed by atoms with E-state index in [-0.39, 0.29) is 26.1 Å². The van der Waals surface area contributed by atoms with Gasteiger partial charge in [-0.2, -0.15) is 0 Å². The molecule has 0 aliphatic rings. The third kappa shape index (κ3) is 79.1. The monoisotopic (exact) mass is 1370 g/mol. The van der Waals surface area contributed by atoms with Gasteiger partial charge in [-0.05, 0) is 161 Å². The predicted molar refractivity (Wildman–Crippen MR) is 424 cm³/mol. The predicted octanol–water partition coefficient (Wildman–Crippen LogP) is 25.1. The van der Waals surface area contributed by atoms with Gasteiger partial charge >= 0.3 is 11.9 Å². The topological polar surface area (TPSA) is 111 Å². The molecule has 0 saturated carbocycles. The van der Waals surface area contributed by atoms with Crippen molar-refractivity contribution in [2.24, 2.45) is 0 Å². The van der Waals surface area contributed by atoms with Gasteiger partial charge in [-0.25, -0.2) is 0 Å². The summed E-state index contributed by atoms with van der Waals surface area (Å²) in [6.07, 6.45) is 121. The van der Waals surface area contributed by atoms with E-state index in [1.54, 1.807) is 0 Å². The number of unbranched alkanes of at least 4 members (excludes halogenated alkanes) is 15. The summed E-state index contributed by atoms with van der Waals surface area (Å²) in [4.78, 5) is 38.1. The van der Waals surface area contributed by atoms with Gasteiger partial charge < -0.3 is 27.9 Å². The van der Waals surface area contributed by atoms with Crippen molar-refractivity contribution >= 4 is 19.8 Å². The van der Waals surface area contributed by atoms with Crippen LogP contribution in [0.1, 0.15) is 258 Å². The summed E-state index contributed by atoms with van der Waals surface area (Å²) in [7, 11) is 1.12. The molecule has 0 radical (unpaired) electrons. The molecule has 0 aromatic heterocycles. The molecule has 10 heteroatoms. The van der Waals surface area contributed by atoms with Crippen molar-refractivity contribution in [3.63, 3.8) is 0 Å². The average molecular weight is 1370 g/mol. The highest BCUT2D eigenvalue weighted by atomic mass is 31.2. The van der Waals surface area contributed by atoms with Crippen molar-refractivity contribution in [1.82, 2.24) is 0 Å². The van der Waals surface area contributed by atoms with Gasteiger partial charge in [-0.3, -0.25) is 14.2 Å². The van der Waals surface area contributed by atoms with Crippen LogP contribution in [0, 0.1) is 0 Å². The number of quaternary nitrogens is 1. The summed E-state index contributed by atoms with van der Waals surface area (Å²) in [5, 5.41) is 0. The summed E-state index contributed by atoms with van der Waals surface area (Å²) < 4.78 is 34.3. The maximum absolute atomic E-state index is 12.9. The van der Waals surface area contributed by atoms with Gasteiger partial charge in [0.2, 0.25) is 0 Å². The number of carbonyl (C=O) groups is 2. The molecule has 9 nitrogen and oxygen atoms in total. The minimum absolute atomic E-state index is 0.0490. The zero-order valence-electron chi connectivity index (χ0n) is 62.4. The first-order chi connectivity index (χ1) is 48.0. The van der Waals surface area contributed by atoms with Crippen LogP contribution in [0.3, 0.4) is 0 Å². The first-order valence-electron chi connectivity index (χ1n) is 38.1. The number of phosphoric acid groups is 1. The maximum atomic E-state index is 12.9. The summed E-state index contributed by atoms with van der Waals surface area (Å²) in [5.41, 5.74) is 0. The number of nitrogens with zero attached hydrogens (tertiary/aromatic N) is 1. The van der Waals surface area contributed by atoms with E-state index in [0.29, 0.717) is 23.9 Å². The number of ether oxygens (including phenoxy) is 2. The van der Waals surface area contributed by atoms with Crippen LogP contribution in [0.2, 0.25) is 0 Å². The van der Waals surface area contributed by atoms with Crippen LogP contribution in [0.25, 0.3) is 0 Å². The van der Waals surface area contributed by atoms with Crippen LogP contribution in [0.5, 0.6) is 0 Å². The highest BCUT2D eigenvalue weighted by Gasteiger charge is 2.22. The van der Waals surface area contributed by atoms with Gasteiger partial charge in [0.1, 0.15) is 19.8 Å². The molecule has 0 heterocycles. The third-order valence-electron chi connectivity index (χ3n) is 15.2. The Balaban J connectivity index is 4.17. The second kappa shape index (κ2) is 75.3. The maximum Gasteiger partial charge on any atom is 0.306 e. The smallest absolute Gasteiger partial charge is 0.306 e. The molecule has 2 atom stereocenters. The SMILES string of the molecule is CC/C=C\C/C=C\C/C=C\C/C=C\C/C=C\C/C=C\C/C=C\C/C=C\C/C=C\C/C=C\CCCCCCC(=O)OC(COC(=O)CCCCCCCCCCCCC/C=C\C/C=C\C/C=C\C/C=C\C/C=C\C/C=C\C/C=C\C/C=C\C/C=C\CC)COP(=O)([O-])OCC[N+](C)(C)C. The largest absolute Gasteiger partial charge is 0.756 e. The normalized spacial score (nSPS) is 14.4. The van der Waals surface area contributed by atoms with E-state index in [2.05, 4.69) is 245 Å². The van der Waals surface area contributed by atoms with Gasteiger partial charge in [0, 0.05) is 12.8 Å². The van der Waals surface area contributed by atoms with Crippen molar-refractivity contribution < 1.29 is 42.1 Å². The minimum atomic E-state index is -4.67. The zero-order valence-corrected chi connectivity index (χ0v) is 63.3. The van der Waals surface area contributed by atoms with E-state index in [9.17, 15) is 19.0 Å². The molecule has 0 rings (SSSR count). The van der Waals surface area contributed by atoms with Crippen LogP contribution in [0.15, 0.2) is 231 Å². The van der Waals surface area contributed by atoms with Crippen LogP contribution in [-0.2, 0) is 32.7 Å². The molecule has 0 aliphatic heterocycles. The highest BCUT2D eigenvalue weighted by Crippen LogP contribution is 2.38. The molecule has 2 unspecified atom stereocenters. The molecular weight excluding hydrogens is 1230 g/mol. The Bertz CT molecular complexity index is 2510. The van der Waals surface area contributed by atoms with Crippen molar-refractivity contribution in [3.8, 4) is 0 Å². The fraction of sp³-hybridized carbons (Fsp3) is 0.545. The summed E-state index contributed by atoms with van der Waals surface area (Å²) >= 11 is 0. The highest BCUT2D eigenvalue weighted by molar-refractivity contribution is 7.45. The number of hydrogen-bond donors (Lipinski definition) is 0. The quantitative estimate of drug-likeness (QED) is 0.0195. The van der Waals surface area contributed by atoms with E-state index in [1.807, 2.05) is 21.1 Å². The number of carbonyl (C=O) groups excluding carboxylic acids is 2. The Morgan fingerprint density at radius 3 is 0.816 bits per heavy atom. The van der Waals surface area contributed by atoms with Crippen LogP contribution in [-0.4, -0.2) is 70.0 Å². The molecule has 548 valence electrons. The molecule has 0 fully saturated rings. The molecule has 0 aromatic carbocycles. The fourth-order valence-corrected chi connectivity index (χ4v) is 10.2. The van der Waals surface area contributed by atoms with Crippen LogP contribution < -0.4 is 4.89 Å². The number of hydrogen-bond acceptors (Lipinski definition) is 8. The number of allylic oxidation sites excluding steroid dienone is 38. The molecule has 0 N–H and O–H groups in total. The van der Waals surface area contributed by atoms with E-state index < -0.39 is 32.5 Å². The van der Waals surface area contributed by atoms with Gasteiger partial charge in [-0.1, -0.05) is 315 Å². The van der Waals surface area contributed by atoms with E-state index >= 15 is 0 Å². The number of likely N-dealkylation sites (N-methyl/N-ethyl adjacent to an activating group) is 1. The molecule has 98 heavy (non-hydrogen) atoms. The van der Waals surface area contributed by atoms with Crippen molar-refractivity contribution in [2.75, 3.05) is 47.5 Å². The lowest BCUT2D eigenvalue weighted by atomic mass is 10.0. The molecule has 0 aromatic rings. The molecule has 0 saturated heterocycles. The van der Waals surface area contributed by atoms with Gasteiger partial charge in [-0.15, -0.1) is 0 Å². The van der Waals surface area contributed by atoms with Crippen LogP contribution >= 0.6 is 7.82 Å². The lowest BCUT2D eigenvalue weighted by Crippen LogP contribution is -2.37. The van der Waals surface area contributed by atoms with Gasteiger partial charge in [0.15, 0.2) is 6.10 Å². The number of phosphoric ester groups is 1. The Kier molecular flexibility index (Phi) is 70.7. The second-order valence-corrected chi connectivity index (χ2v) is 27.0. The Morgan fingerprint density at radius 2 is 0.551 bits per heavy atom. The average Bonchev–Trinajstić information content (AvgIpc) is 1.08. The standard InChI is InChI=1S/C88H138NO8P/c1-6-8-10-12-14-16-18-20-22-24-26-28-30-32-34-36-38-40-42-43-44-45-47-48-50-52-54-56-58-60-62-64-66-68-70-72-74-76-78-80-87(90)94-84-86(85-96-98(92,93)95-83-82-89(3,4)5)97-88(91)81-79-77-75-73-71-69-67-65-63-61-59-57-55-53-51-49-46-41-39-37-35-33-31-29-27-25-23-21-19-17-15-13-11-9-7-2/h8-11,14-17,20-23,26-29,32-35,38-41,43-44,47-49,51-52,54-55,57,61,63,67,69,86H,6-7,12-13,18-19,24-25,30-31,36-37,42,45-46,50,53,56,58-60,62,64-66,68,70-85H2,1-5H3/b10-8-,11-9-,16-14-,17-15-,22-20-,23-21-,28-26-,29-27-,34-32-,35-33-,40-38-,41-39-,44-43-,48-47-,51-49-,54-52-,57-55-,63-61-,69-67-. The van der Waals surface area contributed by atoms with E-state index in [4.69, 9.17) is 18.5 Å². The fourth-order valence-electron chi connectivity index (χ4n) is 9.44.